The number of H-pyrrole nitrogens is 1. The van der Waals surface area contributed by atoms with E-state index in [1.807, 2.05) is 0 Å². The maximum Gasteiger partial charge on any atom is 0.387 e. The standard InChI is InChI=1S/C18H21FN10O8P2S2/c19-9-7-3-34-38(31,40)33-2-1-28-8(25-10-13(20)22-5-23-14(10)28)4-35-39(32,41)37-12(9)17(36-7)29-6-24-11-15(29)26-18(21)27-16(11)30/h5-7,9,12,17H,1-4H2,(H,31,40)(H,32,41)(H2,20,22,23)(H3,21,26,27,30)/t7-,9-,12-,17-,38?,39?/m1/s1. The van der Waals surface area contributed by atoms with Crippen LogP contribution in [0.25, 0.3) is 22.3 Å². The highest BCUT2D eigenvalue weighted by Gasteiger charge is 2.51. The first kappa shape index (κ1) is 28.5. The van der Waals surface area contributed by atoms with Gasteiger partial charge in [-0.2, -0.15) is 4.98 Å². The van der Waals surface area contributed by atoms with Crippen LogP contribution in [-0.2, 0) is 45.1 Å². The summed E-state index contributed by atoms with van der Waals surface area (Å²) in [7, 11) is 0. The summed E-state index contributed by atoms with van der Waals surface area (Å²) < 4.78 is 72.3. The third-order valence-corrected chi connectivity index (χ3v) is 9.48. The molecule has 2 unspecified atom stereocenters. The van der Waals surface area contributed by atoms with Crippen LogP contribution in [0.4, 0.5) is 16.2 Å². The molecule has 23 heteroatoms. The highest BCUT2D eigenvalue weighted by Crippen LogP contribution is 2.58. The molecular formula is C18H21FN10O8P2S2. The number of fused-ring (bicyclic) bond motifs is 6. The Kier molecular flexibility index (Phi) is 7.36. The maximum absolute atomic E-state index is 15.8. The van der Waals surface area contributed by atoms with Crippen LogP contribution < -0.4 is 17.0 Å². The Morgan fingerprint density at radius 1 is 1.05 bits per heavy atom. The van der Waals surface area contributed by atoms with Crippen molar-refractivity contribution in [1.29, 1.82) is 0 Å². The molecule has 1 saturated heterocycles. The second kappa shape index (κ2) is 10.6. The summed E-state index contributed by atoms with van der Waals surface area (Å²) >= 11 is 8.01. The molecule has 6 rings (SSSR count). The Morgan fingerprint density at radius 3 is 2.66 bits per heavy atom. The van der Waals surface area contributed by atoms with Crippen molar-refractivity contribution < 1.29 is 36.4 Å². The minimum absolute atomic E-state index is 0.0244. The highest BCUT2D eigenvalue weighted by molar-refractivity contribution is 8.44. The minimum Gasteiger partial charge on any atom is -0.382 e. The van der Waals surface area contributed by atoms with Gasteiger partial charge in [-0.1, -0.05) is 24.5 Å². The van der Waals surface area contributed by atoms with E-state index in [-0.39, 0.29) is 47.4 Å². The Hall–Kier alpha value is -2.61. The highest BCUT2D eigenvalue weighted by atomic mass is 32.7. The van der Waals surface area contributed by atoms with Crippen LogP contribution in [0.2, 0.25) is 0 Å². The molecule has 41 heavy (non-hydrogen) atoms. The normalized spacial score (nSPS) is 31.6. The molecule has 0 spiro atoms. The summed E-state index contributed by atoms with van der Waals surface area (Å²) in [5.74, 6) is -0.0148. The Labute approximate surface area is 238 Å². The van der Waals surface area contributed by atoms with Crippen molar-refractivity contribution in [1.82, 2.24) is 39.0 Å². The zero-order valence-corrected chi connectivity index (χ0v) is 24.1. The third kappa shape index (κ3) is 5.49. The quantitative estimate of drug-likeness (QED) is 0.144. The summed E-state index contributed by atoms with van der Waals surface area (Å²) in [6.07, 6.45) is -4.20. The van der Waals surface area contributed by atoms with Crippen molar-refractivity contribution in [3.05, 3.63) is 28.8 Å². The molecule has 5 N–H and O–H groups in total. The number of nitrogens with one attached hydrogen (secondary N) is 1. The SMILES string of the molecule is Nc1nc2c(ncn2[C@@H]2O[C@@H]3COP(=O)(S)OCCn4c(nc5c(N)ncnc54)COP(=O)(S)O[C@@H]2[C@@H]3F)c(=O)[nH]1. The molecule has 220 valence electrons. The average molecular weight is 651 g/mol. The molecule has 0 aromatic carbocycles. The minimum atomic E-state index is -4.35. The molecular weight excluding hydrogens is 629 g/mol. The number of alkyl halides is 1. The lowest BCUT2D eigenvalue weighted by Crippen LogP contribution is -2.31. The van der Waals surface area contributed by atoms with Crippen molar-refractivity contribution >= 4 is 72.2 Å². The number of aromatic nitrogens is 8. The van der Waals surface area contributed by atoms with Gasteiger partial charge in [-0.15, -0.1) is 0 Å². The fourth-order valence-corrected chi connectivity index (χ4v) is 6.95. The van der Waals surface area contributed by atoms with E-state index in [2.05, 4.69) is 54.4 Å². The van der Waals surface area contributed by atoms with Crippen LogP contribution in [-0.4, -0.2) is 70.6 Å². The fourth-order valence-electron chi connectivity index (χ4n) is 4.42. The smallest absolute Gasteiger partial charge is 0.382 e. The predicted octanol–water partition coefficient (Wildman–Crippen LogP) is 1.38. The molecule has 4 aromatic rings. The molecule has 4 aromatic heterocycles. The first-order valence-corrected chi connectivity index (χ1v) is 17.1. The van der Waals surface area contributed by atoms with Crippen LogP contribution in [0.3, 0.4) is 0 Å². The van der Waals surface area contributed by atoms with Crippen molar-refractivity contribution in [3.63, 3.8) is 0 Å². The number of thiol groups is 2. The van der Waals surface area contributed by atoms with Crippen LogP contribution >= 0.6 is 38.1 Å². The zero-order chi connectivity index (χ0) is 29.1. The molecule has 0 amide bonds. The summed E-state index contributed by atoms with van der Waals surface area (Å²) in [5.41, 5.74) is 11.3. The van der Waals surface area contributed by atoms with Gasteiger partial charge in [0.25, 0.3) is 5.56 Å². The third-order valence-electron chi connectivity index (χ3n) is 6.21. The first-order chi connectivity index (χ1) is 19.4. The zero-order valence-electron chi connectivity index (χ0n) is 20.5. The van der Waals surface area contributed by atoms with E-state index < -0.39 is 57.0 Å². The van der Waals surface area contributed by atoms with E-state index in [1.165, 1.54) is 15.5 Å². The number of hydrogen-bond donors (Lipinski definition) is 5. The lowest BCUT2D eigenvalue weighted by atomic mass is 10.1. The molecule has 2 bridgehead atoms. The monoisotopic (exact) mass is 650 g/mol. The van der Waals surface area contributed by atoms with Gasteiger partial charge in [0.15, 0.2) is 40.5 Å². The van der Waals surface area contributed by atoms with Crippen LogP contribution in [0.5, 0.6) is 0 Å². The fraction of sp³-hybridized carbons (Fsp3) is 0.444. The number of nitrogens with zero attached hydrogens (tertiary/aromatic N) is 7. The second-order valence-corrected chi connectivity index (χ2v) is 14.6. The number of rotatable bonds is 1. The van der Waals surface area contributed by atoms with E-state index in [1.54, 1.807) is 0 Å². The molecule has 0 aliphatic carbocycles. The van der Waals surface area contributed by atoms with Gasteiger partial charge in [0.2, 0.25) is 5.95 Å². The number of halogens is 1. The number of aromatic amines is 1. The second-order valence-electron chi connectivity index (χ2n) is 8.81. The van der Waals surface area contributed by atoms with E-state index in [9.17, 15) is 13.9 Å². The summed E-state index contributed by atoms with van der Waals surface area (Å²) in [6, 6.07) is 0. The number of nitrogens with two attached hydrogens (primary N) is 2. The number of anilines is 2. The topological polar surface area (TPSA) is 239 Å². The molecule has 1 fully saturated rings. The Morgan fingerprint density at radius 2 is 1.85 bits per heavy atom. The van der Waals surface area contributed by atoms with Gasteiger partial charge in [-0.05, 0) is 0 Å². The van der Waals surface area contributed by atoms with Crippen molar-refractivity contribution in [3.8, 4) is 0 Å². The van der Waals surface area contributed by atoms with Gasteiger partial charge in [0.05, 0.1) is 19.5 Å². The predicted molar refractivity (Wildman–Crippen MR) is 146 cm³/mol. The maximum atomic E-state index is 15.8. The van der Waals surface area contributed by atoms with Gasteiger partial charge in [-0.25, -0.2) is 33.5 Å². The number of nitrogen functional groups attached to an aromatic ring is 2. The number of hydrogen-bond acceptors (Lipinski definition) is 15. The van der Waals surface area contributed by atoms with Crippen LogP contribution in [0, 0.1) is 0 Å². The van der Waals surface area contributed by atoms with Crippen molar-refractivity contribution in [2.24, 2.45) is 0 Å². The summed E-state index contributed by atoms with van der Waals surface area (Å²) in [6.45, 7) is -9.63. The van der Waals surface area contributed by atoms with E-state index in [0.717, 1.165) is 6.33 Å². The molecule has 0 saturated carbocycles. The molecule has 18 nitrogen and oxygen atoms in total. The van der Waals surface area contributed by atoms with Gasteiger partial charge < -0.3 is 20.8 Å². The molecule has 2 aliphatic rings. The van der Waals surface area contributed by atoms with Gasteiger partial charge in [0.1, 0.15) is 31.0 Å². The lowest BCUT2D eigenvalue weighted by molar-refractivity contribution is -0.0444. The summed E-state index contributed by atoms with van der Waals surface area (Å²) in [4.78, 5) is 35.0. The number of imidazole rings is 2. The van der Waals surface area contributed by atoms with E-state index >= 15 is 4.39 Å². The van der Waals surface area contributed by atoms with Crippen LogP contribution in [0.1, 0.15) is 12.1 Å². The number of ether oxygens (including phenoxy) is 1. The van der Waals surface area contributed by atoms with Gasteiger partial charge in [-0.3, -0.25) is 32.4 Å². The summed E-state index contributed by atoms with van der Waals surface area (Å²) in [5, 5.41) is 0. The van der Waals surface area contributed by atoms with Crippen molar-refractivity contribution in [2.75, 3.05) is 24.7 Å². The van der Waals surface area contributed by atoms with Crippen molar-refractivity contribution in [2.45, 2.75) is 37.8 Å². The Bertz CT molecular complexity index is 1800. The largest absolute Gasteiger partial charge is 0.387 e. The van der Waals surface area contributed by atoms with Gasteiger partial charge in [0, 0.05) is 6.54 Å². The molecule has 6 heterocycles. The van der Waals surface area contributed by atoms with Crippen LogP contribution in [0.15, 0.2) is 17.4 Å². The molecule has 2 aliphatic heterocycles. The molecule has 6 atom stereocenters. The Balaban J connectivity index is 1.39. The van der Waals surface area contributed by atoms with Gasteiger partial charge >= 0.3 is 13.6 Å². The molecule has 0 radical (unpaired) electrons. The van der Waals surface area contributed by atoms with E-state index in [4.69, 9.17) is 34.3 Å². The lowest BCUT2D eigenvalue weighted by Gasteiger charge is -2.24. The first-order valence-electron chi connectivity index (χ1n) is 11.7. The van der Waals surface area contributed by atoms with E-state index in [0.29, 0.717) is 5.65 Å². The average Bonchev–Trinajstić information content (AvgIpc) is 3.56.